The number of hydrogen-bond acceptors (Lipinski definition) is 2. The van der Waals surface area contributed by atoms with Crippen LogP contribution < -0.4 is 0 Å². The van der Waals surface area contributed by atoms with Crippen molar-refractivity contribution in [3.05, 3.63) is 51.8 Å². The molecule has 1 atom stereocenters. The zero-order valence-corrected chi connectivity index (χ0v) is 11.9. The van der Waals surface area contributed by atoms with E-state index in [9.17, 15) is 13.9 Å². The number of aliphatic hydroxyl groups excluding tert-OH is 1. The highest BCUT2D eigenvalue weighted by Crippen LogP contribution is 2.30. The van der Waals surface area contributed by atoms with Gasteiger partial charge in [0.05, 0.1) is 16.2 Å². The van der Waals surface area contributed by atoms with Gasteiger partial charge in [-0.1, -0.05) is 6.92 Å². The molecule has 1 heterocycles. The third-order valence-electron chi connectivity index (χ3n) is 2.77. The fourth-order valence-electron chi connectivity index (χ4n) is 1.83. The second kappa shape index (κ2) is 5.79. The van der Waals surface area contributed by atoms with Crippen molar-refractivity contribution in [1.29, 1.82) is 0 Å². The van der Waals surface area contributed by atoms with Crippen molar-refractivity contribution >= 4 is 15.9 Å². The minimum absolute atomic E-state index is 0.115. The van der Waals surface area contributed by atoms with E-state index >= 15 is 0 Å². The number of halogens is 3. The van der Waals surface area contributed by atoms with E-state index in [2.05, 4.69) is 21.0 Å². The largest absolute Gasteiger partial charge is 0.383 e. The SMILES string of the molecule is CCCn1cc(C(O)c2c(F)ccc(Br)c2F)cn1. The van der Waals surface area contributed by atoms with E-state index in [4.69, 9.17) is 0 Å². The summed E-state index contributed by atoms with van der Waals surface area (Å²) in [7, 11) is 0. The number of aryl methyl sites for hydroxylation is 1. The van der Waals surface area contributed by atoms with Gasteiger partial charge in [-0.25, -0.2) is 8.78 Å². The lowest BCUT2D eigenvalue weighted by Gasteiger charge is -2.12. The van der Waals surface area contributed by atoms with Crippen LogP contribution in [0.1, 0.15) is 30.6 Å². The first-order chi connectivity index (χ1) is 9.04. The first-order valence-electron chi connectivity index (χ1n) is 5.88. The fraction of sp³-hybridized carbons (Fsp3) is 0.308. The van der Waals surface area contributed by atoms with Gasteiger partial charge in [-0.15, -0.1) is 0 Å². The van der Waals surface area contributed by atoms with E-state index in [0.29, 0.717) is 12.1 Å². The Morgan fingerprint density at radius 3 is 2.84 bits per heavy atom. The Hall–Kier alpha value is -1.27. The van der Waals surface area contributed by atoms with Gasteiger partial charge < -0.3 is 5.11 Å². The van der Waals surface area contributed by atoms with Gasteiger partial charge in [0.25, 0.3) is 0 Å². The quantitative estimate of drug-likeness (QED) is 0.872. The first kappa shape index (κ1) is 14.1. The van der Waals surface area contributed by atoms with E-state index < -0.39 is 17.7 Å². The summed E-state index contributed by atoms with van der Waals surface area (Å²) in [6, 6.07) is 2.38. The average Bonchev–Trinajstić information content (AvgIpc) is 2.83. The summed E-state index contributed by atoms with van der Waals surface area (Å²) >= 11 is 2.98. The van der Waals surface area contributed by atoms with Crippen molar-refractivity contribution in [2.45, 2.75) is 26.0 Å². The van der Waals surface area contributed by atoms with Gasteiger partial charge in [0.15, 0.2) is 0 Å². The molecule has 0 spiro atoms. The van der Waals surface area contributed by atoms with Crippen LogP contribution >= 0.6 is 15.9 Å². The Bertz CT molecular complexity index is 586. The van der Waals surface area contributed by atoms with Crippen molar-refractivity contribution in [2.75, 3.05) is 0 Å². The normalized spacial score (nSPS) is 12.7. The molecule has 1 N–H and O–H groups in total. The molecule has 0 saturated carbocycles. The smallest absolute Gasteiger partial charge is 0.146 e. The second-order valence-corrected chi connectivity index (χ2v) is 5.05. The zero-order valence-electron chi connectivity index (χ0n) is 10.3. The highest BCUT2D eigenvalue weighted by Gasteiger charge is 2.22. The lowest BCUT2D eigenvalue weighted by Crippen LogP contribution is -2.06. The molecule has 0 amide bonds. The van der Waals surface area contributed by atoms with Crippen molar-refractivity contribution in [3.8, 4) is 0 Å². The molecular weight excluding hydrogens is 318 g/mol. The standard InChI is InChI=1S/C13H13BrF2N2O/c1-2-5-18-7-8(6-17-18)13(19)11-10(15)4-3-9(14)12(11)16/h3-4,6-7,13,19H,2,5H2,1H3. The molecule has 0 aliphatic heterocycles. The summed E-state index contributed by atoms with van der Waals surface area (Å²) in [6.45, 7) is 2.68. The van der Waals surface area contributed by atoms with Crippen molar-refractivity contribution < 1.29 is 13.9 Å². The van der Waals surface area contributed by atoms with Crippen LogP contribution in [0.25, 0.3) is 0 Å². The molecule has 2 aromatic rings. The van der Waals surface area contributed by atoms with Crippen molar-refractivity contribution in [3.63, 3.8) is 0 Å². The van der Waals surface area contributed by atoms with Crippen LogP contribution in [0.2, 0.25) is 0 Å². The molecule has 1 aromatic heterocycles. The van der Waals surface area contributed by atoms with Gasteiger partial charge in [-0.2, -0.15) is 5.10 Å². The number of aliphatic hydroxyl groups is 1. The highest BCUT2D eigenvalue weighted by atomic mass is 79.9. The van der Waals surface area contributed by atoms with Crippen LogP contribution in [0.4, 0.5) is 8.78 Å². The van der Waals surface area contributed by atoms with Crippen LogP contribution in [-0.4, -0.2) is 14.9 Å². The molecular formula is C13H13BrF2N2O. The Morgan fingerprint density at radius 1 is 1.42 bits per heavy atom. The molecule has 0 aliphatic rings. The minimum Gasteiger partial charge on any atom is -0.383 e. The maximum absolute atomic E-state index is 13.9. The monoisotopic (exact) mass is 330 g/mol. The third kappa shape index (κ3) is 2.84. The molecule has 0 radical (unpaired) electrons. The Balaban J connectivity index is 2.38. The Kier molecular flexibility index (Phi) is 4.31. The number of hydrogen-bond donors (Lipinski definition) is 1. The molecule has 3 nitrogen and oxygen atoms in total. The number of aromatic nitrogens is 2. The van der Waals surface area contributed by atoms with E-state index in [1.807, 2.05) is 6.92 Å². The molecule has 0 aliphatic carbocycles. The van der Waals surface area contributed by atoms with Gasteiger partial charge in [0.2, 0.25) is 0 Å². The van der Waals surface area contributed by atoms with Gasteiger partial charge in [-0.05, 0) is 34.5 Å². The number of nitrogens with zero attached hydrogens (tertiary/aromatic N) is 2. The maximum Gasteiger partial charge on any atom is 0.146 e. The summed E-state index contributed by atoms with van der Waals surface area (Å²) in [5.41, 5.74) is -0.00484. The van der Waals surface area contributed by atoms with Crippen molar-refractivity contribution in [1.82, 2.24) is 9.78 Å². The highest BCUT2D eigenvalue weighted by molar-refractivity contribution is 9.10. The number of rotatable bonds is 4. The van der Waals surface area contributed by atoms with Crippen molar-refractivity contribution in [2.24, 2.45) is 0 Å². The van der Waals surface area contributed by atoms with Crippen LogP contribution in [0, 0.1) is 11.6 Å². The minimum atomic E-state index is -1.37. The molecule has 1 unspecified atom stereocenters. The van der Waals surface area contributed by atoms with Crippen LogP contribution in [-0.2, 0) is 6.54 Å². The second-order valence-electron chi connectivity index (χ2n) is 4.20. The van der Waals surface area contributed by atoms with E-state index in [1.165, 1.54) is 12.3 Å². The van der Waals surface area contributed by atoms with E-state index in [1.54, 1.807) is 10.9 Å². The summed E-state index contributed by atoms with van der Waals surface area (Å²) in [5.74, 6) is -1.58. The molecule has 1 aromatic carbocycles. The van der Waals surface area contributed by atoms with Gasteiger partial charge in [0.1, 0.15) is 17.7 Å². The van der Waals surface area contributed by atoms with Gasteiger partial charge in [-0.3, -0.25) is 4.68 Å². The van der Waals surface area contributed by atoms with E-state index in [-0.39, 0.29) is 10.0 Å². The molecule has 0 saturated heterocycles. The van der Waals surface area contributed by atoms with Gasteiger partial charge in [0, 0.05) is 18.3 Å². The lowest BCUT2D eigenvalue weighted by atomic mass is 10.0. The van der Waals surface area contributed by atoms with E-state index in [0.717, 1.165) is 12.5 Å². The lowest BCUT2D eigenvalue weighted by molar-refractivity contribution is 0.208. The Labute approximate surface area is 118 Å². The summed E-state index contributed by atoms with van der Waals surface area (Å²) in [6.07, 6.45) is 2.52. The van der Waals surface area contributed by atoms with Crippen LogP contribution in [0.5, 0.6) is 0 Å². The predicted molar refractivity (Wildman–Crippen MR) is 70.6 cm³/mol. The summed E-state index contributed by atoms with van der Waals surface area (Å²) < 4.78 is 29.3. The average molecular weight is 331 g/mol. The Morgan fingerprint density at radius 2 is 2.16 bits per heavy atom. The maximum atomic E-state index is 13.9. The number of benzene rings is 1. The molecule has 6 heteroatoms. The topological polar surface area (TPSA) is 38.0 Å². The van der Waals surface area contributed by atoms with Gasteiger partial charge >= 0.3 is 0 Å². The molecule has 2 rings (SSSR count). The summed E-state index contributed by atoms with van der Waals surface area (Å²) in [5, 5.41) is 14.1. The third-order valence-corrected chi connectivity index (χ3v) is 3.39. The molecule has 0 bridgehead atoms. The first-order valence-corrected chi connectivity index (χ1v) is 6.67. The molecule has 102 valence electrons. The zero-order chi connectivity index (χ0) is 14.0. The summed E-state index contributed by atoms with van der Waals surface area (Å²) in [4.78, 5) is 0. The van der Waals surface area contributed by atoms with Crippen LogP contribution in [0.15, 0.2) is 29.0 Å². The molecule has 19 heavy (non-hydrogen) atoms. The van der Waals surface area contributed by atoms with Crippen LogP contribution in [0.3, 0.4) is 0 Å². The fourth-order valence-corrected chi connectivity index (χ4v) is 2.18. The molecule has 0 fully saturated rings. The predicted octanol–water partition coefficient (Wildman–Crippen LogP) is 3.42.